The van der Waals surface area contributed by atoms with Gasteiger partial charge in [0.1, 0.15) is 0 Å². The number of carbonyl (C=O) groups excluding carboxylic acids is 2. The van der Waals surface area contributed by atoms with Gasteiger partial charge in [0, 0.05) is 65.3 Å². The lowest BCUT2D eigenvalue weighted by atomic mass is 9.81. The Kier molecular flexibility index (Phi) is 5.66. The first-order valence-corrected chi connectivity index (χ1v) is 21.4. The minimum absolute atomic E-state index is 0.247. The molecule has 0 atom stereocenters. The molecule has 0 bridgehead atoms. The molecular formula is C53H29NO2S2. The average Bonchev–Trinajstić information content (AvgIpc) is 3.98. The van der Waals surface area contributed by atoms with Crippen LogP contribution in [0, 0.1) is 13.8 Å². The van der Waals surface area contributed by atoms with Crippen molar-refractivity contribution in [2.75, 3.05) is 7.05 Å². The molecule has 3 nitrogen and oxygen atoms in total. The van der Waals surface area contributed by atoms with Gasteiger partial charge in [-0.25, -0.2) is 0 Å². The van der Waals surface area contributed by atoms with Crippen LogP contribution in [0.15, 0.2) is 121 Å². The third-order valence-corrected chi connectivity index (χ3v) is 15.5. The van der Waals surface area contributed by atoms with Crippen LogP contribution >= 0.6 is 22.7 Å². The Hall–Kier alpha value is -6.66. The first-order chi connectivity index (χ1) is 28.4. The Morgan fingerprint density at radius 3 is 1.03 bits per heavy atom. The molecule has 2 amide bonds. The van der Waals surface area contributed by atoms with Crippen molar-refractivity contribution >= 4 is 121 Å². The van der Waals surface area contributed by atoms with Crippen molar-refractivity contribution in [2.45, 2.75) is 13.8 Å². The van der Waals surface area contributed by atoms with Crippen molar-refractivity contribution in [1.29, 1.82) is 0 Å². The van der Waals surface area contributed by atoms with Gasteiger partial charge in [0.15, 0.2) is 0 Å². The van der Waals surface area contributed by atoms with Crippen LogP contribution in [0.3, 0.4) is 0 Å². The molecule has 2 aromatic heterocycles. The highest BCUT2D eigenvalue weighted by Crippen LogP contribution is 2.61. The molecule has 0 unspecified atom stereocenters. The second-order valence-corrected chi connectivity index (χ2v) is 18.8. The molecule has 0 saturated heterocycles. The fourth-order valence-corrected chi connectivity index (χ4v) is 13.0. The van der Waals surface area contributed by atoms with Crippen LogP contribution in [0.2, 0.25) is 0 Å². The number of thiophene rings is 2. The maximum Gasteiger partial charge on any atom is 0.261 e. The van der Waals surface area contributed by atoms with Gasteiger partial charge < -0.3 is 0 Å². The quantitative estimate of drug-likeness (QED) is 0.0996. The number of rotatable bonds is 2. The fourth-order valence-electron chi connectivity index (χ4n) is 11.1. The molecule has 1 aliphatic heterocycles. The molecule has 0 spiro atoms. The van der Waals surface area contributed by atoms with Gasteiger partial charge in [0.25, 0.3) is 11.8 Å². The Bertz CT molecular complexity index is 3700. The van der Waals surface area contributed by atoms with E-state index in [1.54, 1.807) is 7.05 Å². The highest BCUT2D eigenvalue weighted by atomic mass is 32.1. The van der Waals surface area contributed by atoms with E-state index >= 15 is 0 Å². The Balaban J connectivity index is 1.14. The average molecular weight is 776 g/mol. The summed E-state index contributed by atoms with van der Waals surface area (Å²) in [4.78, 5) is 33.3. The Morgan fingerprint density at radius 1 is 0.345 bits per heavy atom. The van der Waals surface area contributed by atoms with Gasteiger partial charge >= 0.3 is 0 Å². The number of fused-ring (bicyclic) bond motifs is 8. The summed E-state index contributed by atoms with van der Waals surface area (Å²) in [6.07, 6.45) is 0. The van der Waals surface area contributed by atoms with Crippen LogP contribution in [0.4, 0.5) is 0 Å². The van der Waals surface area contributed by atoms with Gasteiger partial charge in [-0.1, -0.05) is 84.9 Å². The molecule has 0 fully saturated rings. The van der Waals surface area contributed by atoms with Crippen molar-refractivity contribution in [2.24, 2.45) is 0 Å². The number of imide groups is 1. The number of benzene rings is 10. The van der Waals surface area contributed by atoms with Gasteiger partial charge in [0.2, 0.25) is 0 Å². The van der Waals surface area contributed by atoms with E-state index in [-0.39, 0.29) is 11.8 Å². The van der Waals surface area contributed by atoms with Crippen molar-refractivity contribution in [3.8, 4) is 43.1 Å². The second kappa shape index (κ2) is 10.4. The van der Waals surface area contributed by atoms with E-state index in [9.17, 15) is 9.59 Å². The van der Waals surface area contributed by atoms with Gasteiger partial charge in [-0.3, -0.25) is 14.5 Å². The predicted molar refractivity (Wildman–Crippen MR) is 246 cm³/mol. The number of carbonyl (C=O) groups is 2. The largest absolute Gasteiger partial charge is 0.277 e. The van der Waals surface area contributed by atoms with Gasteiger partial charge in [-0.2, -0.15) is 0 Å². The molecule has 2 aliphatic rings. The molecule has 5 heteroatoms. The Morgan fingerprint density at radius 2 is 0.672 bits per heavy atom. The number of aryl methyl sites for hydroxylation is 2. The predicted octanol–water partition coefficient (Wildman–Crippen LogP) is 14.7. The molecule has 58 heavy (non-hydrogen) atoms. The van der Waals surface area contributed by atoms with E-state index in [2.05, 4.69) is 123 Å². The zero-order valence-corrected chi connectivity index (χ0v) is 33.3. The number of nitrogens with zero attached hydrogens (tertiary/aromatic N) is 1. The summed E-state index contributed by atoms with van der Waals surface area (Å²) < 4.78 is 0. The zero-order chi connectivity index (χ0) is 38.5. The first kappa shape index (κ1) is 31.4. The van der Waals surface area contributed by atoms with Crippen molar-refractivity contribution in [3.05, 3.63) is 142 Å². The summed E-state index contributed by atoms with van der Waals surface area (Å²) in [6.45, 7) is 4.41. The standard InChI is InChI=1S/C53H29NO2S2/c1-24-8-22-40(57-24)48-26-6-4-5-7-27(26)49(41-23-9-25(2)58-41)51-37-19-15-33-29-11-13-31-35-17-21-39-47-38(52(55)54(3)53(39)56)20-16-34(45(35)47)30-12-10-28(42(29)43(30)31)32-14-18-36(50(48)51)46(37)44(32)33/h4-23H,1-3H3. The highest BCUT2D eigenvalue weighted by molar-refractivity contribution is 7.16. The number of amides is 2. The summed E-state index contributed by atoms with van der Waals surface area (Å²) >= 11 is 3.76. The molecule has 14 rings (SSSR count). The number of hydrogen-bond acceptors (Lipinski definition) is 4. The summed E-state index contributed by atoms with van der Waals surface area (Å²) in [5.74, 6) is -0.493. The molecular weight excluding hydrogens is 747 g/mol. The maximum absolute atomic E-state index is 13.4. The van der Waals surface area contributed by atoms with Crippen LogP contribution in [0.25, 0.3) is 129 Å². The van der Waals surface area contributed by atoms with E-state index in [1.165, 1.54) is 112 Å². The molecule has 0 saturated carbocycles. The third-order valence-electron chi connectivity index (χ3n) is 13.4. The topological polar surface area (TPSA) is 37.4 Å². The van der Waals surface area contributed by atoms with Crippen molar-refractivity contribution in [1.82, 2.24) is 4.90 Å². The van der Waals surface area contributed by atoms with Crippen molar-refractivity contribution < 1.29 is 9.59 Å². The summed E-state index contributed by atoms with van der Waals surface area (Å²) in [6, 6.07) is 45.0. The molecule has 1 aliphatic carbocycles. The Labute approximate surface area is 339 Å². The molecule has 0 N–H and O–H groups in total. The van der Waals surface area contributed by atoms with E-state index in [1.807, 2.05) is 34.8 Å². The van der Waals surface area contributed by atoms with E-state index in [0.717, 1.165) is 32.3 Å². The SMILES string of the molecule is Cc1ccc(-c2c3c(c(-c4ccc(C)s4)c4ccccc24)-c2ccc4c5ccc6c7ccc8c9c(ccc(c%10ccc(c%11ccc-3c2c%114)c5c%106)c97)C(=O)N(C)C8=O)s1. The minimum Gasteiger partial charge on any atom is -0.277 e. The first-order valence-electron chi connectivity index (χ1n) is 19.7. The van der Waals surface area contributed by atoms with Crippen LogP contribution in [0.5, 0.6) is 0 Å². The summed E-state index contributed by atoms with van der Waals surface area (Å²) in [5, 5.41) is 19.0. The lowest BCUT2D eigenvalue weighted by Gasteiger charge is -2.26. The lowest BCUT2D eigenvalue weighted by molar-refractivity contribution is 0.0650. The van der Waals surface area contributed by atoms with Crippen LogP contribution in [0.1, 0.15) is 30.5 Å². The van der Waals surface area contributed by atoms with Crippen molar-refractivity contribution in [3.63, 3.8) is 0 Å². The van der Waals surface area contributed by atoms with Gasteiger partial charge in [-0.05, 0) is 142 Å². The third kappa shape index (κ3) is 3.55. The summed E-state index contributed by atoms with van der Waals surface area (Å²) in [7, 11) is 1.57. The van der Waals surface area contributed by atoms with Gasteiger partial charge in [0.05, 0.1) is 0 Å². The zero-order valence-electron chi connectivity index (χ0n) is 31.6. The molecule has 0 radical (unpaired) electrons. The molecule has 12 aromatic rings. The second-order valence-electron chi connectivity index (χ2n) is 16.2. The smallest absolute Gasteiger partial charge is 0.261 e. The fraction of sp³-hybridized carbons (Fsp3) is 0.0566. The summed E-state index contributed by atoms with van der Waals surface area (Å²) in [5.41, 5.74) is 9.15. The molecule has 270 valence electrons. The molecule has 10 aromatic carbocycles. The molecule has 3 heterocycles. The van der Waals surface area contributed by atoms with Crippen LogP contribution in [-0.2, 0) is 0 Å². The lowest BCUT2D eigenvalue weighted by Crippen LogP contribution is -2.36. The monoisotopic (exact) mass is 775 g/mol. The number of hydrogen-bond donors (Lipinski definition) is 0. The van der Waals surface area contributed by atoms with E-state index in [0.29, 0.717) is 11.1 Å². The van der Waals surface area contributed by atoms with E-state index < -0.39 is 0 Å². The maximum atomic E-state index is 13.4. The normalized spacial score (nSPS) is 13.8. The highest BCUT2D eigenvalue weighted by Gasteiger charge is 2.35. The van der Waals surface area contributed by atoms with Gasteiger partial charge in [-0.15, -0.1) is 22.7 Å². The van der Waals surface area contributed by atoms with Crippen LogP contribution < -0.4 is 0 Å². The van der Waals surface area contributed by atoms with Crippen LogP contribution in [-0.4, -0.2) is 23.8 Å². The minimum atomic E-state index is -0.247. The van der Waals surface area contributed by atoms with E-state index in [4.69, 9.17) is 0 Å².